The summed E-state index contributed by atoms with van der Waals surface area (Å²) in [4.78, 5) is 7.16. The Bertz CT molecular complexity index is 1050. The van der Waals surface area contributed by atoms with Gasteiger partial charge in [0.25, 0.3) is 0 Å². The highest BCUT2D eigenvalue weighted by Gasteiger charge is 2.11. The van der Waals surface area contributed by atoms with Crippen molar-refractivity contribution in [1.29, 1.82) is 0 Å². The van der Waals surface area contributed by atoms with Crippen molar-refractivity contribution in [3.05, 3.63) is 54.0 Å². The fourth-order valence-corrected chi connectivity index (χ4v) is 4.11. The molecular formula is C20H20N6S. The van der Waals surface area contributed by atoms with Gasteiger partial charge in [-0.15, -0.1) is 11.3 Å². The summed E-state index contributed by atoms with van der Waals surface area (Å²) in [5.74, 6) is 0. The third kappa shape index (κ3) is 3.39. The Labute approximate surface area is 161 Å². The van der Waals surface area contributed by atoms with Gasteiger partial charge in [-0.1, -0.05) is 12.1 Å². The highest BCUT2D eigenvalue weighted by atomic mass is 32.1. The van der Waals surface area contributed by atoms with Crippen LogP contribution in [-0.4, -0.2) is 41.4 Å². The van der Waals surface area contributed by atoms with Crippen molar-refractivity contribution in [1.82, 2.24) is 20.5 Å². The van der Waals surface area contributed by atoms with E-state index in [1.807, 2.05) is 18.3 Å². The van der Waals surface area contributed by atoms with Gasteiger partial charge in [-0.3, -0.25) is 5.10 Å². The van der Waals surface area contributed by atoms with Crippen LogP contribution in [0.25, 0.3) is 22.2 Å². The molecule has 1 fully saturated rings. The zero-order chi connectivity index (χ0) is 18.1. The molecule has 5 rings (SSSR count). The topological polar surface area (TPSA) is 68.9 Å². The lowest BCUT2D eigenvalue weighted by molar-refractivity contribution is 0.589. The number of benzene rings is 2. The molecule has 0 bridgehead atoms. The highest BCUT2D eigenvalue weighted by molar-refractivity contribution is 7.14. The van der Waals surface area contributed by atoms with Crippen molar-refractivity contribution in [2.24, 2.45) is 0 Å². The first-order valence-electron chi connectivity index (χ1n) is 9.07. The van der Waals surface area contributed by atoms with E-state index in [0.717, 1.165) is 59.2 Å². The van der Waals surface area contributed by atoms with E-state index in [9.17, 15) is 0 Å². The average molecular weight is 376 g/mol. The van der Waals surface area contributed by atoms with Crippen LogP contribution in [0.2, 0.25) is 0 Å². The minimum atomic E-state index is 0.888. The molecule has 0 amide bonds. The van der Waals surface area contributed by atoms with E-state index in [1.165, 1.54) is 5.69 Å². The van der Waals surface area contributed by atoms with Crippen LogP contribution in [-0.2, 0) is 0 Å². The van der Waals surface area contributed by atoms with Crippen molar-refractivity contribution >= 4 is 38.7 Å². The molecule has 1 aliphatic rings. The second-order valence-electron chi connectivity index (χ2n) is 6.62. The number of nitrogens with zero attached hydrogens (tertiary/aromatic N) is 3. The van der Waals surface area contributed by atoms with Gasteiger partial charge in [0, 0.05) is 53.9 Å². The summed E-state index contributed by atoms with van der Waals surface area (Å²) >= 11 is 1.61. The molecule has 136 valence electrons. The van der Waals surface area contributed by atoms with Crippen LogP contribution in [0, 0.1) is 0 Å². The summed E-state index contributed by atoms with van der Waals surface area (Å²) in [7, 11) is 0. The van der Waals surface area contributed by atoms with E-state index < -0.39 is 0 Å². The van der Waals surface area contributed by atoms with Crippen molar-refractivity contribution < 1.29 is 0 Å². The van der Waals surface area contributed by atoms with Gasteiger partial charge in [0.2, 0.25) is 0 Å². The predicted molar refractivity (Wildman–Crippen MR) is 112 cm³/mol. The summed E-state index contributed by atoms with van der Waals surface area (Å²) in [6.07, 6.45) is 1.83. The fraction of sp³-hybridized carbons (Fsp3) is 0.200. The van der Waals surface area contributed by atoms with Crippen LogP contribution in [0.4, 0.5) is 16.5 Å². The molecule has 0 atom stereocenters. The average Bonchev–Trinajstić information content (AvgIpc) is 3.38. The van der Waals surface area contributed by atoms with Gasteiger partial charge in [-0.2, -0.15) is 5.10 Å². The molecule has 0 spiro atoms. The van der Waals surface area contributed by atoms with Gasteiger partial charge in [-0.05, 0) is 30.3 Å². The smallest absolute Gasteiger partial charge is 0.187 e. The first-order valence-corrected chi connectivity index (χ1v) is 9.95. The summed E-state index contributed by atoms with van der Waals surface area (Å²) in [6, 6.07) is 14.8. The Kier molecular flexibility index (Phi) is 4.23. The number of aromatic nitrogens is 3. The maximum Gasteiger partial charge on any atom is 0.187 e. The first kappa shape index (κ1) is 16.3. The van der Waals surface area contributed by atoms with E-state index in [-0.39, 0.29) is 0 Å². The molecule has 2 aromatic carbocycles. The van der Waals surface area contributed by atoms with Crippen molar-refractivity contribution in [3.63, 3.8) is 0 Å². The van der Waals surface area contributed by atoms with E-state index in [1.54, 1.807) is 11.3 Å². The molecular weight excluding hydrogens is 356 g/mol. The third-order valence-electron chi connectivity index (χ3n) is 4.84. The van der Waals surface area contributed by atoms with Gasteiger partial charge in [0.05, 0.1) is 17.4 Å². The summed E-state index contributed by atoms with van der Waals surface area (Å²) < 4.78 is 0. The molecule has 2 aromatic heterocycles. The lowest BCUT2D eigenvalue weighted by Gasteiger charge is -2.29. The summed E-state index contributed by atoms with van der Waals surface area (Å²) in [5.41, 5.74) is 5.47. The van der Waals surface area contributed by atoms with Gasteiger partial charge < -0.3 is 15.5 Å². The number of aromatic amines is 1. The molecule has 7 heteroatoms. The number of rotatable bonds is 4. The third-order valence-corrected chi connectivity index (χ3v) is 5.60. The van der Waals surface area contributed by atoms with Crippen molar-refractivity contribution in [2.45, 2.75) is 0 Å². The predicted octanol–water partition coefficient (Wildman–Crippen LogP) is 3.84. The van der Waals surface area contributed by atoms with Crippen LogP contribution in [0.5, 0.6) is 0 Å². The lowest BCUT2D eigenvalue weighted by Crippen LogP contribution is -2.43. The van der Waals surface area contributed by atoms with E-state index in [0.29, 0.717) is 0 Å². The molecule has 0 aliphatic carbocycles. The van der Waals surface area contributed by atoms with Gasteiger partial charge >= 0.3 is 0 Å². The number of nitrogens with one attached hydrogen (secondary N) is 3. The second kappa shape index (κ2) is 7.02. The monoisotopic (exact) mass is 376 g/mol. The Morgan fingerprint density at radius 2 is 1.89 bits per heavy atom. The lowest BCUT2D eigenvalue weighted by atomic mass is 10.1. The number of thiazole rings is 1. The van der Waals surface area contributed by atoms with E-state index >= 15 is 0 Å². The van der Waals surface area contributed by atoms with Crippen LogP contribution < -0.4 is 15.5 Å². The SMILES string of the molecule is c1cc2[nH]ncc2cc1Nc1nc(-c2ccc(N3CCNCC3)cc2)cs1. The van der Waals surface area contributed by atoms with Crippen molar-refractivity contribution in [3.8, 4) is 11.3 Å². The molecule has 3 heterocycles. The Balaban J connectivity index is 1.32. The highest BCUT2D eigenvalue weighted by Crippen LogP contribution is 2.29. The Morgan fingerprint density at radius 1 is 1.04 bits per heavy atom. The molecule has 3 N–H and O–H groups in total. The zero-order valence-corrected chi connectivity index (χ0v) is 15.6. The second-order valence-corrected chi connectivity index (χ2v) is 7.48. The normalized spacial score (nSPS) is 14.6. The molecule has 1 aliphatic heterocycles. The molecule has 0 saturated carbocycles. The van der Waals surface area contributed by atoms with Crippen LogP contribution >= 0.6 is 11.3 Å². The Morgan fingerprint density at radius 3 is 2.74 bits per heavy atom. The number of piperazine rings is 1. The summed E-state index contributed by atoms with van der Waals surface area (Å²) in [5, 5.41) is 17.9. The van der Waals surface area contributed by atoms with E-state index in [2.05, 4.69) is 61.4 Å². The maximum absolute atomic E-state index is 4.75. The maximum atomic E-state index is 4.75. The number of hydrogen-bond acceptors (Lipinski definition) is 6. The number of hydrogen-bond donors (Lipinski definition) is 3. The van der Waals surface area contributed by atoms with Crippen LogP contribution in [0.15, 0.2) is 54.0 Å². The van der Waals surface area contributed by atoms with Crippen LogP contribution in [0.1, 0.15) is 0 Å². The summed E-state index contributed by atoms with van der Waals surface area (Å²) in [6.45, 7) is 4.22. The zero-order valence-electron chi connectivity index (χ0n) is 14.8. The van der Waals surface area contributed by atoms with Gasteiger partial charge in [-0.25, -0.2) is 4.98 Å². The quantitative estimate of drug-likeness (QED) is 0.505. The van der Waals surface area contributed by atoms with Gasteiger partial charge in [0.1, 0.15) is 0 Å². The Hall–Kier alpha value is -2.90. The standard InChI is InChI=1S/C20H20N6S/c1-4-17(26-9-7-21-8-10-26)5-2-14(1)19-13-27-20(24-19)23-16-3-6-18-15(11-16)12-22-25-18/h1-6,11-13,21H,7-10H2,(H,22,25)(H,23,24). The molecule has 1 saturated heterocycles. The molecule has 27 heavy (non-hydrogen) atoms. The molecule has 0 unspecified atom stereocenters. The fourth-order valence-electron chi connectivity index (χ4n) is 3.37. The van der Waals surface area contributed by atoms with Gasteiger partial charge in [0.15, 0.2) is 5.13 Å². The molecule has 0 radical (unpaired) electrons. The van der Waals surface area contributed by atoms with Crippen molar-refractivity contribution in [2.75, 3.05) is 36.4 Å². The number of H-pyrrole nitrogens is 1. The molecule has 6 nitrogen and oxygen atoms in total. The minimum absolute atomic E-state index is 0.888. The number of fused-ring (bicyclic) bond motifs is 1. The molecule has 4 aromatic rings. The van der Waals surface area contributed by atoms with E-state index in [4.69, 9.17) is 4.98 Å². The number of anilines is 3. The largest absolute Gasteiger partial charge is 0.369 e. The first-order chi connectivity index (χ1) is 13.3. The minimum Gasteiger partial charge on any atom is -0.369 e. The van der Waals surface area contributed by atoms with Crippen LogP contribution in [0.3, 0.4) is 0 Å².